The standard InChI is InChI=1S/C12H5F3N2O3S/c13-12(14,15)10-16-11(21-17-10)19-7-3-1-6-2-4-9(18)20-8(6)5-7/h1-5H. The van der Waals surface area contributed by atoms with Crippen LogP contribution < -0.4 is 10.4 Å². The Morgan fingerprint density at radius 1 is 1.19 bits per heavy atom. The Morgan fingerprint density at radius 3 is 2.67 bits per heavy atom. The van der Waals surface area contributed by atoms with Crippen LogP contribution in [-0.2, 0) is 6.18 Å². The number of rotatable bonds is 2. The number of hydrogen-bond donors (Lipinski definition) is 0. The molecule has 5 nitrogen and oxygen atoms in total. The molecule has 0 atom stereocenters. The molecule has 0 spiro atoms. The van der Waals surface area contributed by atoms with Gasteiger partial charge in [0.05, 0.1) is 0 Å². The zero-order valence-electron chi connectivity index (χ0n) is 10.0. The quantitative estimate of drug-likeness (QED) is 0.678. The summed E-state index contributed by atoms with van der Waals surface area (Å²) in [6.07, 6.45) is -4.62. The molecular weight excluding hydrogens is 309 g/mol. The molecule has 0 unspecified atom stereocenters. The predicted octanol–water partition coefficient (Wildman–Crippen LogP) is 3.46. The number of benzene rings is 1. The highest BCUT2D eigenvalue weighted by atomic mass is 32.1. The molecule has 0 saturated heterocycles. The van der Waals surface area contributed by atoms with E-state index >= 15 is 0 Å². The zero-order chi connectivity index (χ0) is 15.0. The van der Waals surface area contributed by atoms with Crippen molar-refractivity contribution in [3.63, 3.8) is 0 Å². The van der Waals surface area contributed by atoms with Crippen molar-refractivity contribution in [1.82, 2.24) is 9.36 Å². The third kappa shape index (κ3) is 2.87. The van der Waals surface area contributed by atoms with Crippen LogP contribution in [0.2, 0.25) is 0 Å². The van der Waals surface area contributed by atoms with Crippen LogP contribution in [-0.4, -0.2) is 9.36 Å². The van der Waals surface area contributed by atoms with Gasteiger partial charge in [0.2, 0.25) is 0 Å². The summed E-state index contributed by atoms with van der Waals surface area (Å²) in [5.41, 5.74) is -0.268. The molecule has 0 radical (unpaired) electrons. The highest BCUT2D eigenvalue weighted by molar-refractivity contribution is 7.07. The Kier molecular flexibility index (Phi) is 3.13. The highest BCUT2D eigenvalue weighted by Crippen LogP contribution is 2.32. The Balaban J connectivity index is 1.91. The monoisotopic (exact) mass is 314 g/mol. The number of ether oxygens (including phenoxy) is 1. The van der Waals surface area contributed by atoms with Crippen molar-refractivity contribution in [3.05, 3.63) is 46.6 Å². The molecule has 0 aliphatic heterocycles. The summed E-state index contributed by atoms with van der Waals surface area (Å²) < 4.78 is 50.4. The first-order chi connectivity index (χ1) is 9.91. The molecule has 2 heterocycles. The molecule has 0 fully saturated rings. The zero-order valence-corrected chi connectivity index (χ0v) is 10.9. The number of aromatic nitrogens is 2. The first-order valence-electron chi connectivity index (χ1n) is 5.54. The van der Waals surface area contributed by atoms with Crippen molar-refractivity contribution in [1.29, 1.82) is 0 Å². The second-order valence-corrected chi connectivity index (χ2v) is 4.65. The predicted molar refractivity (Wildman–Crippen MR) is 67.5 cm³/mol. The molecule has 1 aromatic carbocycles. The van der Waals surface area contributed by atoms with Crippen molar-refractivity contribution in [2.45, 2.75) is 6.18 Å². The summed E-state index contributed by atoms with van der Waals surface area (Å²) in [7, 11) is 0. The van der Waals surface area contributed by atoms with Gasteiger partial charge in [-0.2, -0.15) is 22.5 Å². The molecule has 0 bridgehead atoms. The van der Waals surface area contributed by atoms with Crippen LogP contribution in [0.5, 0.6) is 10.9 Å². The van der Waals surface area contributed by atoms with Crippen LogP contribution in [0, 0.1) is 0 Å². The summed E-state index contributed by atoms with van der Waals surface area (Å²) >= 11 is 0.484. The molecule has 3 rings (SSSR count). The number of halogens is 3. The number of nitrogens with zero attached hydrogens (tertiary/aromatic N) is 2. The Labute approximate surface area is 118 Å². The van der Waals surface area contributed by atoms with Gasteiger partial charge in [-0.05, 0) is 18.2 Å². The van der Waals surface area contributed by atoms with Crippen LogP contribution in [0.1, 0.15) is 5.82 Å². The summed E-state index contributed by atoms with van der Waals surface area (Å²) in [6.45, 7) is 0. The van der Waals surface area contributed by atoms with Gasteiger partial charge in [0.15, 0.2) is 0 Å². The molecule has 0 amide bonds. The fourth-order valence-corrected chi connectivity index (χ4v) is 2.14. The van der Waals surface area contributed by atoms with Gasteiger partial charge in [-0.3, -0.25) is 0 Å². The van der Waals surface area contributed by atoms with E-state index in [1.165, 1.54) is 18.2 Å². The molecule has 3 aromatic rings. The van der Waals surface area contributed by atoms with E-state index in [1.807, 2.05) is 0 Å². The van der Waals surface area contributed by atoms with Crippen LogP contribution in [0.25, 0.3) is 11.0 Å². The molecule has 21 heavy (non-hydrogen) atoms. The lowest BCUT2D eigenvalue weighted by Gasteiger charge is -2.02. The fraction of sp³-hybridized carbons (Fsp3) is 0.0833. The number of alkyl halides is 3. The van der Waals surface area contributed by atoms with E-state index in [0.717, 1.165) is 0 Å². The van der Waals surface area contributed by atoms with Gasteiger partial charge in [-0.15, -0.1) is 0 Å². The molecule has 2 aromatic heterocycles. The second kappa shape index (κ2) is 4.85. The van der Waals surface area contributed by atoms with E-state index in [2.05, 4.69) is 9.36 Å². The topological polar surface area (TPSA) is 65.2 Å². The first kappa shape index (κ1) is 13.6. The summed E-state index contributed by atoms with van der Waals surface area (Å²) in [5.74, 6) is -1.06. The molecule has 108 valence electrons. The molecule has 0 aliphatic carbocycles. The summed E-state index contributed by atoms with van der Waals surface area (Å²) in [5, 5.41) is 0.412. The normalized spacial score (nSPS) is 11.8. The summed E-state index contributed by atoms with van der Waals surface area (Å²) in [6, 6.07) is 7.36. The second-order valence-electron chi connectivity index (χ2n) is 3.94. The van der Waals surface area contributed by atoms with E-state index in [1.54, 1.807) is 12.1 Å². The van der Waals surface area contributed by atoms with E-state index in [0.29, 0.717) is 16.9 Å². The molecule has 9 heteroatoms. The van der Waals surface area contributed by atoms with Gasteiger partial charge >= 0.3 is 11.8 Å². The van der Waals surface area contributed by atoms with Crippen LogP contribution in [0.15, 0.2) is 39.5 Å². The molecule has 0 aliphatic rings. The minimum atomic E-state index is -4.62. The number of fused-ring (bicyclic) bond motifs is 1. The van der Waals surface area contributed by atoms with Gasteiger partial charge < -0.3 is 9.15 Å². The minimum Gasteiger partial charge on any atom is -0.430 e. The maximum Gasteiger partial charge on any atom is 0.452 e. The molecule has 0 saturated carbocycles. The fourth-order valence-electron chi connectivity index (χ4n) is 1.57. The van der Waals surface area contributed by atoms with Crippen molar-refractivity contribution in [3.8, 4) is 10.9 Å². The highest BCUT2D eigenvalue weighted by Gasteiger charge is 2.36. The van der Waals surface area contributed by atoms with Crippen molar-refractivity contribution in [2.75, 3.05) is 0 Å². The largest absolute Gasteiger partial charge is 0.452 e. The lowest BCUT2D eigenvalue weighted by atomic mass is 10.2. The van der Waals surface area contributed by atoms with Gasteiger partial charge in [0.1, 0.15) is 11.3 Å². The maximum atomic E-state index is 12.4. The van der Waals surface area contributed by atoms with Crippen LogP contribution in [0.3, 0.4) is 0 Å². The first-order valence-corrected chi connectivity index (χ1v) is 6.32. The number of hydrogen-bond acceptors (Lipinski definition) is 6. The van der Waals surface area contributed by atoms with Gasteiger partial charge in [-0.1, -0.05) is 0 Å². The SMILES string of the molecule is O=c1ccc2ccc(Oc3nc(C(F)(F)F)ns3)cc2o1. The van der Waals surface area contributed by atoms with Crippen molar-refractivity contribution < 1.29 is 22.3 Å². The maximum absolute atomic E-state index is 12.4. The van der Waals surface area contributed by atoms with Gasteiger partial charge in [0, 0.05) is 29.1 Å². The average molecular weight is 314 g/mol. The van der Waals surface area contributed by atoms with Crippen LogP contribution >= 0.6 is 11.5 Å². The third-order valence-electron chi connectivity index (χ3n) is 2.46. The van der Waals surface area contributed by atoms with E-state index < -0.39 is 17.6 Å². The molecule has 0 N–H and O–H groups in total. The van der Waals surface area contributed by atoms with Crippen molar-refractivity contribution >= 4 is 22.5 Å². The third-order valence-corrected chi connectivity index (χ3v) is 3.06. The Bertz CT molecular complexity index is 857. The van der Waals surface area contributed by atoms with Gasteiger partial charge in [0.25, 0.3) is 11.0 Å². The summed E-state index contributed by atoms with van der Waals surface area (Å²) in [4.78, 5) is 14.4. The average Bonchev–Trinajstić information content (AvgIpc) is 2.86. The van der Waals surface area contributed by atoms with E-state index in [9.17, 15) is 18.0 Å². The van der Waals surface area contributed by atoms with Crippen molar-refractivity contribution in [2.24, 2.45) is 0 Å². The Hall–Kier alpha value is -2.42. The lowest BCUT2D eigenvalue weighted by molar-refractivity contribution is -0.144. The Morgan fingerprint density at radius 2 is 1.95 bits per heavy atom. The van der Waals surface area contributed by atoms with E-state index in [4.69, 9.17) is 9.15 Å². The van der Waals surface area contributed by atoms with Crippen LogP contribution in [0.4, 0.5) is 13.2 Å². The minimum absolute atomic E-state index is 0.196. The molecular formula is C12H5F3N2O3S. The lowest BCUT2D eigenvalue weighted by Crippen LogP contribution is -2.06. The smallest absolute Gasteiger partial charge is 0.430 e. The van der Waals surface area contributed by atoms with E-state index in [-0.39, 0.29) is 16.5 Å². The van der Waals surface area contributed by atoms with Gasteiger partial charge in [-0.25, -0.2) is 4.79 Å².